The lowest BCUT2D eigenvalue weighted by Gasteiger charge is -2.10. The van der Waals surface area contributed by atoms with E-state index in [4.69, 9.17) is 4.74 Å². The number of aromatic hydroxyl groups is 1. The number of allylic oxidation sites excluding steroid dienone is 1. The van der Waals surface area contributed by atoms with Gasteiger partial charge in [-0.1, -0.05) is 54.6 Å². The van der Waals surface area contributed by atoms with Gasteiger partial charge in [-0.2, -0.15) is 0 Å². The molecule has 0 aliphatic rings. The molecule has 0 bridgehead atoms. The van der Waals surface area contributed by atoms with Crippen molar-refractivity contribution >= 4 is 5.97 Å². The first-order chi connectivity index (χ1) is 10.1. The highest BCUT2D eigenvalue weighted by Gasteiger charge is 2.15. The lowest BCUT2D eigenvalue weighted by atomic mass is 10.0. The first-order valence-electron chi connectivity index (χ1n) is 6.74. The van der Waals surface area contributed by atoms with Crippen LogP contribution in [0.4, 0.5) is 0 Å². The molecule has 0 atom stereocenters. The molecule has 0 unspecified atom stereocenters. The number of benzene rings is 2. The molecular formula is C18H18O3. The van der Waals surface area contributed by atoms with Gasteiger partial charge < -0.3 is 9.84 Å². The van der Waals surface area contributed by atoms with E-state index in [-0.39, 0.29) is 17.9 Å². The fraction of sp³-hybridized carbons (Fsp3) is 0.167. The molecule has 0 amide bonds. The molecule has 0 fully saturated rings. The van der Waals surface area contributed by atoms with Gasteiger partial charge in [-0.15, -0.1) is 0 Å². The van der Waals surface area contributed by atoms with Crippen molar-refractivity contribution in [3.63, 3.8) is 0 Å². The first kappa shape index (κ1) is 14.9. The third-order valence-corrected chi connectivity index (χ3v) is 3.04. The quantitative estimate of drug-likeness (QED) is 0.669. The third kappa shape index (κ3) is 3.96. The van der Waals surface area contributed by atoms with Crippen molar-refractivity contribution in [1.29, 1.82) is 0 Å². The Labute approximate surface area is 124 Å². The molecular weight excluding hydrogens is 264 g/mol. The van der Waals surface area contributed by atoms with Crippen molar-refractivity contribution in [2.24, 2.45) is 0 Å². The number of phenols is 1. The average Bonchev–Trinajstić information content (AvgIpc) is 2.47. The van der Waals surface area contributed by atoms with E-state index in [1.54, 1.807) is 18.2 Å². The fourth-order valence-corrected chi connectivity index (χ4v) is 2.02. The summed E-state index contributed by atoms with van der Waals surface area (Å²) in [7, 11) is 0. The number of ether oxygens (including phenoxy) is 1. The minimum absolute atomic E-state index is 0.0291. The van der Waals surface area contributed by atoms with Gasteiger partial charge in [-0.05, 0) is 30.5 Å². The number of carbonyl (C=O) groups excluding carboxylic acids is 1. The van der Waals surface area contributed by atoms with Crippen LogP contribution < -0.4 is 0 Å². The van der Waals surface area contributed by atoms with Crippen LogP contribution in [0.3, 0.4) is 0 Å². The zero-order valence-corrected chi connectivity index (χ0v) is 12.0. The van der Waals surface area contributed by atoms with Crippen LogP contribution in [-0.4, -0.2) is 11.1 Å². The number of para-hydroxylation sites is 1. The largest absolute Gasteiger partial charge is 0.507 e. The second kappa shape index (κ2) is 6.75. The molecule has 3 nitrogen and oxygen atoms in total. The molecule has 0 spiro atoms. The maximum absolute atomic E-state index is 12.1. The molecule has 0 saturated heterocycles. The van der Waals surface area contributed by atoms with Crippen molar-refractivity contribution in [3.8, 4) is 5.75 Å². The van der Waals surface area contributed by atoms with Gasteiger partial charge in [0.05, 0.1) is 0 Å². The summed E-state index contributed by atoms with van der Waals surface area (Å²) in [6.45, 7) is 5.87. The number of phenolic OH excluding ortho intramolecular Hbond substituents is 1. The van der Waals surface area contributed by atoms with Gasteiger partial charge in [0.2, 0.25) is 0 Å². The summed E-state index contributed by atoms with van der Waals surface area (Å²) in [6, 6.07) is 14.5. The zero-order chi connectivity index (χ0) is 15.2. The molecule has 21 heavy (non-hydrogen) atoms. The van der Waals surface area contributed by atoms with Crippen LogP contribution in [0.5, 0.6) is 5.75 Å². The minimum atomic E-state index is -0.528. The SMILES string of the molecule is C=C(C)Cc1cccc(C(=O)OCc2ccccc2)c1O. The highest BCUT2D eigenvalue weighted by molar-refractivity contribution is 5.92. The number of esters is 1. The Morgan fingerprint density at radius 1 is 1.14 bits per heavy atom. The first-order valence-corrected chi connectivity index (χ1v) is 6.74. The van der Waals surface area contributed by atoms with Crippen LogP contribution in [0.15, 0.2) is 60.7 Å². The smallest absolute Gasteiger partial charge is 0.342 e. The predicted octanol–water partition coefficient (Wildman–Crippen LogP) is 3.87. The normalized spacial score (nSPS) is 10.1. The van der Waals surface area contributed by atoms with Crippen LogP contribution in [0.1, 0.15) is 28.4 Å². The molecule has 0 radical (unpaired) electrons. The summed E-state index contributed by atoms with van der Waals surface area (Å²) < 4.78 is 5.23. The lowest BCUT2D eigenvalue weighted by Crippen LogP contribution is -2.06. The predicted molar refractivity (Wildman–Crippen MR) is 82.2 cm³/mol. The summed E-state index contributed by atoms with van der Waals surface area (Å²) in [4.78, 5) is 12.1. The van der Waals surface area contributed by atoms with Gasteiger partial charge in [0.25, 0.3) is 0 Å². The Balaban J connectivity index is 2.10. The Morgan fingerprint density at radius 2 is 1.86 bits per heavy atom. The number of hydrogen-bond donors (Lipinski definition) is 1. The fourth-order valence-electron chi connectivity index (χ4n) is 2.02. The van der Waals surface area contributed by atoms with Gasteiger partial charge in [0, 0.05) is 0 Å². The van der Waals surface area contributed by atoms with Crippen molar-refractivity contribution in [2.45, 2.75) is 20.0 Å². The molecule has 1 N–H and O–H groups in total. The standard InChI is InChI=1S/C18H18O3/c1-13(2)11-15-9-6-10-16(17(15)19)18(20)21-12-14-7-4-3-5-8-14/h3-10,19H,1,11-12H2,2H3. The Kier molecular flexibility index (Phi) is 4.77. The van der Waals surface area contributed by atoms with Gasteiger partial charge in [-0.25, -0.2) is 4.79 Å². The average molecular weight is 282 g/mol. The van der Waals surface area contributed by atoms with Crippen LogP contribution in [-0.2, 0) is 17.8 Å². The number of rotatable bonds is 5. The Bertz CT molecular complexity index is 645. The van der Waals surface area contributed by atoms with Crippen LogP contribution in [0, 0.1) is 0 Å². The molecule has 3 heteroatoms. The van der Waals surface area contributed by atoms with E-state index < -0.39 is 5.97 Å². The molecule has 0 saturated carbocycles. The molecule has 0 aliphatic heterocycles. The van der Waals surface area contributed by atoms with Crippen LogP contribution >= 0.6 is 0 Å². The minimum Gasteiger partial charge on any atom is -0.507 e. The van der Waals surface area contributed by atoms with Gasteiger partial charge >= 0.3 is 5.97 Å². The Hall–Kier alpha value is -2.55. The molecule has 2 aromatic rings. The Morgan fingerprint density at radius 3 is 2.52 bits per heavy atom. The van der Waals surface area contributed by atoms with Gasteiger partial charge in [-0.3, -0.25) is 0 Å². The summed E-state index contributed by atoms with van der Waals surface area (Å²) >= 11 is 0. The molecule has 0 aromatic heterocycles. The maximum atomic E-state index is 12.1. The third-order valence-electron chi connectivity index (χ3n) is 3.04. The van der Waals surface area contributed by atoms with Crippen molar-refractivity contribution in [1.82, 2.24) is 0 Å². The van der Waals surface area contributed by atoms with E-state index in [9.17, 15) is 9.90 Å². The number of hydrogen-bond acceptors (Lipinski definition) is 3. The van der Waals surface area contributed by atoms with E-state index in [0.717, 1.165) is 11.1 Å². The van der Waals surface area contributed by atoms with Gasteiger partial charge in [0.1, 0.15) is 17.9 Å². The summed E-state index contributed by atoms with van der Waals surface area (Å²) in [5.74, 6) is -0.557. The molecule has 2 aromatic carbocycles. The van der Waals surface area contributed by atoms with E-state index in [1.165, 1.54) is 0 Å². The second-order valence-electron chi connectivity index (χ2n) is 5.01. The summed E-state index contributed by atoms with van der Waals surface area (Å²) in [5, 5.41) is 10.2. The van der Waals surface area contributed by atoms with Crippen molar-refractivity contribution in [3.05, 3.63) is 77.4 Å². The highest BCUT2D eigenvalue weighted by Crippen LogP contribution is 2.25. The lowest BCUT2D eigenvalue weighted by molar-refractivity contribution is 0.0469. The molecule has 2 rings (SSSR count). The summed E-state index contributed by atoms with van der Waals surface area (Å²) in [6.07, 6.45) is 0.533. The van der Waals surface area contributed by atoms with Gasteiger partial charge in [0.15, 0.2) is 0 Å². The maximum Gasteiger partial charge on any atom is 0.342 e. The van der Waals surface area contributed by atoms with E-state index in [1.807, 2.05) is 37.3 Å². The molecule has 108 valence electrons. The van der Waals surface area contributed by atoms with E-state index in [0.29, 0.717) is 12.0 Å². The van der Waals surface area contributed by atoms with Crippen molar-refractivity contribution < 1.29 is 14.6 Å². The topological polar surface area (TPSA) is 46.5 Å². The zero-order valence-electron chi connectivity index (χ0n) is 12.0. The van der Waals surface area contributed by atoms with E-state index >= 15 is 0 Å². The number of carbonyl (C=O) groups is 1. The molecule has 0 heterocycles. The second-order valence-corrected chi connectivity index (χ2v) is 5.01. The van der Waals surface area contributed by atoms with Crippen LogP contribution in [0.25, 0.3) is 0 Å². The van der Waals surface area contributed by atoms with Crippen molar-refractivity contribution in [2.75, 3.05) is 0 Å². The highest BCUT2D eigenvalue weighted by atomic mass is 16.5. The van der Waals surface area contributed by atoms with Crippen LogP contribution in [0.2, 0.25) is 0 Å². The summed E-state index contributed by atoms with van der Waals surface area (Å²) in [5.41, 5.74) is 2.69. The monoisotopic (exact) mass is 282 g/mol. The van der Waals surface area contributed by atoms with E-state index in [2.05, 4.69) is 6.58 Å². The molecule has 0 aliphatic carbocycles.